The van der Waals surface area contributed by atoms with Crippen LogP contribution in [0.3, 0.4) is 0 Å². The van der Waals surface area contributed by atoms with E-state index in [0.717, 1.165) is 24.8 Å². The van der Waals surface area contributed by atoms with Crippen LogP contribution in [0, 0.1) is 34.8 Å². The van der Waals surface area contributed by atoms with Gasteiger partial charge < -0.3 is 10.2 Å². The van der Waals surface area contributed by atoms with Crippen LogP contribution >= 0.6 is 0 Å². The first-order valence-electron chi connectivity index (χ1n) is 11.4. The van der Waals surface area contributed by atoms with Gasteiger partial charge in [-0.05, 0) is 54.4 Å². The number of nitriles is 1. The van der Waals surface area contributed by atoms with Crippen LogP contribution in [-0.4, -0.2) is 30.8 Å². The van der Waals surface area contributed by atoms with Gasteiger partial charge in [0.15, 0.2) is 17.4 Å². The number of Topliss-reactive ketones (excluding diaryl/α,β-unsaturated/α-hetero) is 1. The summed E-state index contributed by atoms with van der Waals surface area (Å²) in [5.74, 6) is -2.42. The number of carbonyl (C=O) groups is 2. The van der Waals surface area contributed by atoms with Gasteiger partial charge in [-0.1, -0.05) is 24.3 Å². The molecule has 0 radical (unpaired) electrons. The molecule has 0 aromatic heterocycles. The second-order valence-corrected chi connectivity index (χ2v) is 9.49. The third-order valence-corrected chi connectivity index (χ3v) is 7.44. The molecule has 2 fully saturated rings. The van der Waals surface area contributed by atoms with E-state index in [9.17, 15) is 19.2 Å². The van der Waals surface area contributed by atoms with Crippen molar-refractivity contribution in [2.45, 2.75) is 50.6 Å². The van der Waals surface area contributed by atoms with Crippen LogP contribution in [0.25, 0.3) is 11.1 Å². The summed E-state index contributed by atoms with van der Waals surface area (Å²) in [7, 11) is 1.66. The van der Waals surface area contributed by atoms with Crippen molar-refractivity contribution in [2.24, 2.45) is 11.8 Å². The number of fused-ring (bicyclic) bond motifs is 3. The number of carbonyl (C=O) groups excluding carboxylic acids is 2. The van der Waals surface area contributed by atoms with Crippen molar-refractivity contribution in [3.05, 3.63) is 53.1 Å². The standard InChI is InChI=1S/C26H25F2N3O2/c1-31-21-11-15(2-3-16(21)12-23(31)33)20-7-5-17(24(27)25(20)28)8-14(13-29)9-22(32)26-18-4-6-19(10-18)30-26/h2-3,5,7,11,14,18-19,26,30H,4,6,8-10,12H2,1H3/t14-,18+,19-,26+/m1/s1. The number of anilines is 1. The molecule has 4 atom stereocenters. The van der Waals surface area contributed by atoms with Crippen LogP contribution in [0.1, 0.15) is 36.8 Å². The summed E-state index contributed by atoms with van der Waals surface area (Å²) in [6.45, 7) is 0. The highest BCUT2D eigenvalue weighted by Gasteiger charge is 2.42. The van der Waals surface area contributed by atoms with Crippen molar-refractivity contribution in [2.75, 3.05) is 11.9 Å². The van der Waals surface area contributed by atoms with Crippen LogP contribution in [0.5, 0.6) is 0 Å². The molecular formula is C26H25F2N3O2. The molecule has 5 nitrogen and oxygen atoms in total. The number of benzene rings is 2. The predicted molar refractivity (Wildman–Crippen MR) is 119 cm³/mol. The number of piperidine rings is 1. The van der Waals surface area contributed by atoms with Gasteiger partial charge in [0.1, 0.15) is 0 Å². The minimum Gasteiger partial charge on any atom is -0.315 e. The average Bonchev–Trinajstić information content (AvgIpc) is 3.52. The van der Waals surface area contributed by atoms with Gasteiger partial charge in [-0.2, -0.15) is 5.26 Å². The first-order chi connectivity index (χ1) is 15.9. The highest BCUT2D eigenvalue weighted by Crippen LogP contribution is 2.37. The number of nitrogens with zero attached hydrogens (tertiary/aromatic N) is 2. The Labute approximate surface area is 191 Å². The van der Waals surface area contributed by atoms with E-state index in [1.54, 1.807) is 25.2 Å². The van der Waals surface area contributed by atoms with E-state index in [-0.39, 0.29) is 41.7 Å². The van der Waals surface area contributed by atoms with Crippen molar-refractivity contribution in [1.29, 1.82) is 5.26 Å². The zero-order chi connectivity index (χ0) is 23.3. The number of halogens is 2. The van der Waals surface area contributed by atoms with E-state index in [0.29, 0.717) is 29.6 Å². The second kappa shape index (κ2) is 8.35. The van der Waals surface area contributed by atoms with Gasteiger partial charge in [-0.25, -0.2) is 8.78 Å². The summed E-state index contributed by atoms with van der Waals surface area (Å²) >= 11 is 0. The van der Waals surface area contributed by atoms with E-state index in [4.69, 9.17) is 0 Å². The number of ketones is 1. The maximum Gasteiger partial charge on any atom is 0.231 e. The van der Waals surface area contributed by atoms with Gasteiger partial charge in [0.25, 0.3) is 0 Å². The summed E-state index contributed by atoms with van der Waals surface area (Å²) in [4.78, 5) is 26.1. The Morgan fingerprint density at radius 1 is 1.24 bits per heavy atom. The fraction of sp³-hybridized carbons (Fsp3) is 0.423. The molecule has 1 saturated heterocycles. The van der Waals surface area contributed by atoms with Crippen molar-refractivity contribution >= 4 is 17.4 Å². The molecule has 1 saturated carbocycles. The maximum atomic E-state index is 15.0. The summed E-state index contributed by atoms with van der Waals surface area (Å²) in [6, 6.07) is 10.4. The molecule has 2 heterocycles. The van der Waals surface area contributed by atoms with Crippen molar-refractivity contribution < 1.29 is 18.4 Å². The zero-order valence-corrected chi connectivity index (χ0v) is 18.4. The minimum absolute atomic E-state index is 0.0111. The maximum absolute atomic E-state index is 15.0. The SMILES string of the molecule is CN1C(=O)Cc2ccc(-c3ccc(C[C@@H](C#N)CC(=O)[C@H]4N[C@@H]5CC[C@H]4C5)c(F)c3F)cc21. The van der Waals surface area contributed by atoms with Gasteiger partial charge >= 0.3 is 0 Å². The van der Waals surface area contributed by atoms with Crippen LogP contribution < -0.4 is 10.2 Å². The normalized spacial score (nSPS) is 24.1. The highest BCUT2D eigenvalue weighted by molar-refractivity contribution is 6.01. The molecule has 2 aromatic carbocycles. The molecule has 2 aromatic rings. The first-order valence-corrected chi connectivity index (χ1v) is 11.4. The average molecular weight is 450 g/mol. The molecule has 7 heteroatoms. The zero-order valence-electron chi connectivity index (χ0n) is 18.4. The Balaban J connectivity index is 1.33. The fourth-order valence-electron chi connectivity index (χ4n) is 5.59. The van der Waals surface area contributed by atoms with Gasteiger partial charge in [0.05, 0.1) is 24.4 Å². The van der Waals surface area contributed by atoms with Gasteiger partial charge in [0, 0.05) is 30.8 Å². The largest absolute Gasteiger partial charge is 0.315 e. The molecule has 0 spiro atoms. The third-order valence-electron chi connectivity index (χ3n) is 7.44. The topological polar surface area (TPSA) is 73.2 Å². The molecule has 2 aliphatic heterocycles. The lowest BCUT2D eigenvalue weighted by Crippen LogP contribution is -2.42. The Morgan fingerprint density at radius 2 is 2.06 bits per heavy atom. The number of hydrogen-bond acceptors (Lipinski definition) is 4. The van der Waals surface area contributed by atoms with E-state index in [1.165, 1.54) is 17.0 Å². The predicted octanol–water partition coefficient (Wildman–Crippen LogP) is 3.93. The van der Waals surface area contributed by atoms with Crippen LogP contribution in [0.4, 0.5) is 14.5 Å². The molecule has 0 unspecified atom stereocenters. The fourth-order valence-corrected chi connectivity index (χ4v) is 5.59. The monoisotopic (exact) mass is 449 g/mol. The third kappa shape index (κ3) is 3.83. The summed E-state index contributed by atoms with van der Waals surface area (Å²) < 4.78 is 30.0. The Morgan fingerprint density at radius 3 is 2.76 bits per heavy atom. The number of nitrogens with one attached hydrogen (secondary N) is 1. The Bertz CT molecular complexity index is 1190. The van der Waals surface area contributed by atoms with Gasteiger partial charge in [-0.3, -0.25) is 9.59 Å². The minimum atomic E-state index is -0.997. The first kappa shape index (κ1) is 21.7. The number of likely N-dealkylation sites (N-methyl/N-ethyl adjacent to an activating group) is 1. The molecule has 33 heavy (non-hydrogen) atoms. The summed E-state index contributed by atoms with van der Waals surface area (Å²) in [5, 5.41) is 12.9. The van der Waals surface area contributed by atoms with Crippen molar-refractivity contribution in [1.82, 2.24) is 5.32 Å². The number of amides is 1. The lowest BCUT2D eigenvalue weighted by Gasteiger charge is -2.22. The molecular weight excluding hydrogens is 424 g/mol. The molecule has 3 aliphatic rings. The lowest BCUT2D eigenvalue weighted by molar-refractivity contribution is -0.122. The van der Waals surface area contributed by atoms with E-state index in [1.807, 2.05) is 0 Å². The van der Waals surface area contributed by atoms with Crippen molar-refractivity contribution in [3.8, 4) is 17.2 Å². The van der Waals surface area contributed by atoms with E-state index < -0.39 is 17.6 Å². The van der Waals surface area contributed by atoms with Crippen molar-refractivity contribution in [3.63, 3.8) is 0 Å². The summed E-state index contributed by atoms with van der Waals surface area (Å²) in [6.07, 6.45) is 3.43. The smallest absolute Gasteiger partial charge is 0.231 e. The molecule has 5 rings (SSSR count). The summed E-state index contributed by atoms with van der Waals surface area (Å²) in [5.41, 5.74) is 2.22. The van der Waals surface area contributed by atoms with Crippen LogP contribution in [0.2, 0.25) is 0 Å². The van der Waals surface area contributed by atoms with Gasteiger partial charge in [0.2, 0.25) is 5.91 Å². The van der Waals surface area contributed by atoms with Gasteiger partial charge in [-0.15, -0.1) is 0 Å². The Hall–Kier alpha value is -3.11. The van der Waals surface area contributed by atoms with Crippen LogP contribution in [0.15, 0.2) is 30.3 Å². The number of hydrogen-bond donors (Lipinski definition) is 1. The van der Waals surface area contributed by atoms with Crippen LogP contribution in [-0.2, 0) is 22.4 Å². The molecule has 1 aliphatic carbocycles. The molecule has 1 amide bonds. The molecule has 170 valence electrons. The van der Waals surface area contributed by atoms with E-state index >= 15 is 4.39 Å². The van der Waals surface area contributed by atoms with E-state index in [2.05, 4.69) is 11.4 Å². The highest BCUT2D eigenvalue weighted by atomic mass is 19.2. The lowest BCUT2D eigenvalue weighted by atomic mass is 9.88. The quantitative estimate of drug-likeness (QED) is 0.725. The Kier molecular flexibility index (Phi) is 5.49. The molecule has 1 N–H and O–H groups in total. The molecule has 2 bridgehead atoms. The second-order valence-electron chi connectivity index (χ2n) is 9.49. The number of rotatable bonds is 6.